The van der Waals surface area contributed by atoms with Gasteiger partial charge in [0.05, 0.1) is 23.0 Å². The molecule has 0 amide bonds. The average Bonchev–Trinajstić information content (AvgIpc) is 2.85. The Morgan fingerprint density at radius 1 is 1.53 bits per heavy atom. The smallest absolute Gasteiger partial charge is 0.160 e. The Hall–Kier alpha value is -0.140. The predicted molar refractivity (Wildman–Crippen MR) is 62.2 cm³/mol. The number of hydrogen-bond acceptors (Lipinski definition) is 3. The zero-order valence-electron chi connectivity index (χ0n) is 8.30. The second-order valence-electron chi connectivity index (χ2n) is 4.17. The topological polar surface area (TPSA) is 36.3 Å². The van der Waals surface area contributed by atoms with E-state index in [-0.39, 0.29) is 6.29 Å². The van der Waals surface area contributed by atoms with E-state index in [0.717, 1.165) is 26.2 Å². The van der Waals surface area contributed by atoms with E-state index >= 15 is 0 Å². The summed E-state index contributed by atoms with van der Waals surface area (Å²) in [5.74, 6) is 1.14. The van der Waals surface area contributed by atoms with Crippen molar-refractivity contribution in [3.8, 4) is 0 Å². The van der Waals surface area contributed by atoms with Crippen molar-refractivity contribution in [1.29, 1.82) is 0 Å². The Kier molecular flexibility index (Phi) is 2.70. The molecule has 5 heteroatoms. The number of hydrogen-bond donors (Lipinski definition) is 0. The van der Waals surface area contributed by atoms with Gasteiger partial charge < -0.3 is 9.47 Å². The van der Waals surface area contributed by atoms with Gasteiger partial charge in [-0.15, -0.1) is 0 Å². The molecule has 3 atom stereocenters. The third-order valence-electron chi connectivity index (χ3n) is 3.19. The highest BCUT2D eigenvalue weighted by Crippen LogP contribution is 2.36. The summed E-state index contributed by atoms with van der Waals surface area (Å²) in [6, 6.07) is 0. The van der Waals surface area contributed by atoms with Gasteiger partial charge in [-0.3, -0.25) is 4.68 Å². The van der Waals surface area contributed by atoms with Crippen molar-refractivity contribution < 1.29 is 9.47 Å². The lowest BCUT2D eigenvalue weighted by Gasteiger charge is -2.14. The van der Waals surface area contributed by atoms with Crippen LogP contribution in [-0.4, -0.2) is 29.3 Å². The zero-order chi connectivity index (χ0) is 10.3. The van der Waals surface area contributed by atoms with Gasteiger partial charge in [0.1, 0.15) is 0 Å². The van der Waals surface area contributed by atoms with Crippen molar-refractivity contribution in [3.63, 3.8) is 0 Å². The highest BCUT2D eigenvalue weighted by atomic mass is 127. The largest absolute Gasteiger partial charge is 0.352 e. The molecule has 2 aliphatic rings. The molecule has 2 saturated heterocycles. The summed E-state index contributed by atoms with van der Waals surface area (Å²) in [7, 11) is 0. The third kappa shape index (κ3) is 1.92. The Bertz CT molecular complexity index is 355. The van der Waals surface area contributed by atoms with Gasteiger partial charge in [-0.2, -0.15) is 5.10 Å². The molecule has 3 unspecified atom stereocenters. The van der Waals surface area contributed by atoms with Crippen LogP contribution < -0.4 is 0 Å². The molecule has 0 spiro atoms. The van der Waals surface area contributed by atoms with Crippen LogP contribution in [0.5, 0.6) is 0 Å². The summed E-state index contributed by atoms with van der Waals surface area (Å²) in [5, 5.41) is 4.31. The van der Waals surface area contributed by atoms with Crippen molar-refractivity contribution in [3.05, 3.63) is 16.0 Å². The SMILES string of the molecule is Ic1cnn(CC2COC3OCCC23)c1. The first-order valence-electron chi connectivity index (χ1n) is 5.24. The molecule has 0 bridgehead atoms. The molecule has 0 aromatic carbocycles. The van der Waals surface area contributed by atoms with Crippen LogP contribution in [0.3, 0.4) is 0 Å². The molecule has 0 N–H and O–H groups in total. The van der Waals surface area contributed by atoms with Gasteiger partial charge in [0.25, 0.3) is 0 Å². The third-order valence-corrected chi connectivity index (χ3v) is 3.74. The molecule has 82 valence electrons. The Morgan fingerprint density at radius 2 is 2.47 bits per heavy atom. The maximum Gasteiger partial charge on any atom is 0.160 e. The highest BCUT2D eigenvalue weighted by Gasteiger charge is 2.41. The summed E-state index contributed by atoms with van der Waals surface area (Å²) in [6.07, 6.45) is 5.15. The lowest BCUT2D eigenvalue weighted by molar-refractivity contribution is -0.0905. The molecule has 1 aromatic rings. The van der Waals surface area contributed by atoms with Crippen LogP contribution in [0.25, 0.3) is 0 Å². The molecular formula is C10H13IN2O2. The number of fused-ring (bicyclic) bond motifs is 1. The molecule has 3 rings (SSSR count). The fourth-order valence-corrected chi connectivity index (χ4v) is 2.86. The fraction of sp³-hybridized carbons (Fsp3) is 0.700. The number of ether oxygens (including phenoxy) is 2. The average molecular weight is 320 g/mol. The first-order chi connectivity index (χ1) is 7.33. The zero-order valence-corrected chi connectivity index (χ0v) is 10.5. The number of nitrogens with zero attached hydrogens (tertiary/aromatic N) is 2. The molecule has 1 aromatic heterocycles. The number of rotatable bonds is 2. The molecule has 3 heterocycles. The van der Waals surface area contributed by atoms with Crippen LogP contribution in [0.4, 0.5) is 0 Å². The van der Waals surface area contributed by atoms with Crippen molar-refractivity contribution in [2.75, 3.05) is 13.2 Å². The Labute approximate surface area is 102 Å². The highest BCUT2D eigenvalue weighted by molar-refractivity contribution is 14.1. The van der Waals surface area contributed by atoms with E-state index in [1.54, 1.807) is 0 Å². The van der Waals surface area contributed by atoms with E-state index in [9.17, 15) is 0 Å². The summed E-state index contributed by atoms with van der Waals surface area (Å²) in [6.45, 7) is 2.61. The van der Waals surface area contributed by atoms with Gasteiger partial charge in [-0.1, -0.05) is 0 Å². The minimum Gasteiger partial charge on any atom is -0.352 e. The minimum atomic E-state index is 0.0598. The van der Waals surface area contributed by atoms with Crippen molar-refractivity contribution in [2.24, 2.45) is 11.8 Å². The Morgan fingerprint density at radius 3 is 3.27 bits per heavy atom. The predicted octanol–water partition coefficient (Wildman–Crippen LogP) is 1.50. The van der Waals surface area contributed by atoms with Crippen LogP contribution >= 0.6 is 22.6 Å². The van der Waals surface area contributed by atoms with Crippen LogP contribution in [-0.2, 0) is 16.0 Å². The molecule has 0 saturated carbocycles. The quantitative estimate of drug-likeness (QED) is 0.775. The van der Waals surface area contributed by atoms with Gasteiger partial charge in [-0.05, 0) is 29.0 Å². The van der Waals surface area contributed by atoms with E-state index in [1.165, 1.54) is 3.57 Å². The molecule has 15 heavy (non-hydrogen) atoms. The van der Waals surface area contributed by atoms with Gasteiger partial charge in [0.2, 0.25) is 0 Å². The lowest BCUT2D eigenvalue weighted by atomic mass is 9.93. The van der Waals surface area contributed by atoms with E-state index < -0.39 is 0 Å². The van der Waals surface area contributed by atoms with Crippen LogP contribution in [0.15, 0.2) is 12.4 Å². The molecule has 2 fully saturated rings. The minimum absolute atomic E-state index is 0.0598. The van der Waals surface area contributed by atoms with Gasteiger partial charge >= 0.3 is 0 Å². The normalized spacial score (nSPS) is 34.6. The molecule has 0 radical (unpaired) electrons. The maximum absolute atomic E-state index is 5.60. The van der Waals surface area contributed by atoms with Crippen molar-refractivity contribution >= 4 is 22.6 Å². The first kappa shape index (κ1) is 10.0. The second-order valence-corrected chi connectivity index (χ2v) is 5.41. The maximum atomic E-state index is 5.60. The summed E-state index contributed by atoms with van der Waals surface area (Å²) in [5.41, 5.74) is 0. The van der Waals surface area contributed by atoms with Crippen molar-refractivity contribution in [2.45, 2.75) is 19.3 Å². The van der Waals surface area contributed by atoms with Gasteiger partial charge in [0.15, 0.2) is 6.29 Å². The van der Waals surface area contributed by atoms with E-state index in [0.29, 0.717) is 11.8 Å². The summed E-state index contributed by atoms with van der Waals surface area (Å²) in [4.78, 5) is 0. The standard InChI is InChI=1S/C10H13IN2O2/c11-8-3-12-13(5-8)4-7-6-15-10-9(7)1-2-14-10/h3,5,7,9-10H,1-2,4,6H2. The van der Waals surface area contributed by atoms with Crippen LogP contribution in [0.1, 0.15) is 6.42 Å². The van der Waals surface area contributed by atoms with E-state index in [1.807, 2.05) is 10.9 Å². The van der Waals surface area contributed by atoms with Crippen molar-refractivity contribution in [1.82, 2.24) is 9.78 Å². The van der Waals surface area contributed by atoms with Crippen LogP contribution in [0, 0.1) is 15.4 Å². The van der Waals surface area contributed by atoms with Crippen LogP contribution in [0.2, 0.25) is 0 Å². The summed E-state index contributed by atoms with van der Waals surface area (Å²) >= 11 is 2.28. The fourth-order valence-electron chi connectivity index (χ4n) is 2.42. The molecule has 0 aliphatic carbocycles. The number of halogens is 1. The van der Waals surface area contributed by atoms with E-state index in [2.05, 4.69) is 33.9 Å². The molecular weight excluding hydrogens is 307 g/mol. The number of aromatic nitrogens is 2. The van der Waals surface area contributed by atoms with Gasteiger partial charge in [-0.25, -0.2) is 0 Å². The summed E-state index contributed by atoms with van der Waals surface area (Å²) < 4.78 is 14.3. The van der Waals surface area contributed by atoms with E-state index in [4.69, 9.17) is 9.47 Å². The van der Waals surface area contributed by atoms with Gasteiger partial charge in [0, 0.05) is 24.6 Å². The first-order valence-corrected chi connectivity index (χ1v) is 6.32. The lowest BCUT2D eigenvalue weighted by Crippen LogP contribution is -2.20. The molecule has 4 nitrogen and oxygen atoms in total. The Balaban J connectivity index is 1.68. The second kappa shape index (κ2) is 4.03. The molecule has 2 aliphatic heterocycles. The monoisotopic (exact) mass is 320 g/mol.